The molecule has 6 nitrogen and oxygen atoms in total. The lowest BCUT2D eigenvalue weighted by atomic mass is 10.1. The van der Waals surface area contributed by atoms with E-state index in [1.54, 1.807) is 19.1 Å². The van der Waals surface area contributed by atoms with Gasteiger partial charge in [0.05, 0.1) is 18.0 Å². The SMILES string of the molecule is CCOc1ccc(S(=O)(=O)N(C)CC(=O)NCc2cccc(C)c2)cc1C. The molecule has 0 saturated heterocycles. The zero-order valence-electron chi connectivity index (χ0n) is 16.2. The molecule has 0 aromatic heterocycles. The molecule has 146 valence electrons. The number of benzene rings is 2. The summed E-state index contributed by atoms with van der Waals surface area (Å²) >= 11 is 0. The van der Waals surface area contributed by atoms with Crippen LogP contribution in [0.25, 0.3) is 0 Å². The lowest BCUT2D eigenvalue weighted by molar-refractivity contribution is -0.121. The second kappa shape index (κ2) is 9.01. The van der Waals surface area contributed by atoms with E-state index in [0.29, 0.717) is 18.9 Å². The first-order valence-corrected chi connectivity index (χ1v) is 10.2. The number of hydrogen-bond acceptors (Lipinski definition) is 4. The van der Waals surface area contributed by atoms with Crippen molar-refractivity contribution in [3.05, 3.63) is 59.2 Å². The minimum atomic E-state index is -3.76. The lowest BCUT2D eigenvalue weighted by Crippen LogP contribution is -2.38. The van der Waals surface area contributed by atoms with E-state index in [4.69, 9.17) is 4.74 Å². The highest BCUT2D eigenvalue weighted by Gasteiger charge is 2.23. The zero-order chi connectivity index (χ0) is 20.0. The van der Waals surface area contributed by atoms with Crippen LogP contribution in [0.4, 0.5) is 0 Å². The third-order valence-electron chi connectivity index (χ3n) is 4.09. The fraction of sp³-hybridized carbons (Fsp3) is 0.350. The van der Waals surface area contributed by atoms with E-state index in [1.165, 1.54) is 13.1 Å². The van der Waals surface area contributed by atoms with Crippen LogP contribution in [0.15, 0.2) is 47.4 Å². The fourth-order valence-corrected chi connectivity index (χ4v) is 3.86. The van der Waals surface area contributed by atoms with Crippen molar-refractivity contribution < 1.29 is 17.9 Å². The molecule has 0 aliphatic heterocycles. The molecule has 1 amide bonds. The van der Waals surface area contributed by atoms with Crippen LogP contribution < -0.4 is 10.1 Å². The van der Waals surface area contributed by atoms with E-state index in [9.17, 15) is 13.2 Å². The number of aryl methyl sites for hydroxylation is 2. The molecular formula is C20H26N2O4S. The molecule has 0 aliphatic carbocycles. The molecule has 0 spiro atoms. The molecule has 0 atom stereocenters. The zero-order valence-corrected chi connectivity index (χ0v) is 17.0. The van der Waals surface area contributed by atoms with Gasteiger partial charge in [-0.2, -0.15) is 4.31 Å². The minimum Gasteiger partial charge on any atom is -0.494 e. The molecule has 0 aliphatic rings. The summed E-state index contributed by atoms with van der Waals surface area (Å²) in [7, 11) is -2.36. The Morgan fingerprint density at radius 1 is 1.15 bits per heavy atom. The number of hydrogen-bond donors (Lipinski definition) is 1. The molecule has 0 bridgehead atoms. The Morgan fingerprint density at radius 3 is 2.52 bits per heavy atom. The average Bonchev–Trinajstić information content (AvgIpc) is 2.61. The number of sulfonamides is 1. The predicted octanol–water partition coefficient (Wildman–Crippen LogP) is 2.64. The van der Waals surface area contributed by atoms with E-state index in [2.05, 4.69) is 5.32 Å². The molecule has 0 radical (unpaired) electrons. The van der Waals surface area contributed by atoms with E-state index >= 15 is 0 Å². The number of ether oxygens (including phenoxy) is 1. The van der Waals surface area contributed by atoms with Crippen molar-refractivity contribution in [2.75, 3.05) is 20.2 Å². The summed E-state index contributed by atoms with van der Waals surface area (Å²) in [5, 5.41) is 2.75. The number of likely N-dealkylation sites (N-methyl/N-ethyl adjacent to an activating group) is 1. The van der Waals surface area contributed by atoms with Gasteiger partial charge in [0, 0.05) is 13.6 Å². The van der Waals surface area contributed by atoms with Crippen LogP contribution in [-0.2, 0) is 21.4 Å². The van der Waals surface area contributed by atoms with Gasteiger partial charge in [0.15, 0.2) is 0 Å². The van der Waals surface area contributed by atoms with Crippen molar-refractivity contribution in [1.82, 2.24) is 9.62 Å². The quantitative estimate of drug-likeness (QED) is 0.752. The molecule has 2 aromatic rings. The van der Waals surface area contributed by atoms with Crippen LogP contribution >= 0.6 is 0 Å². The first kappa shape index (κ1) is 20.9. The highest BCUT2D eigenvalue weighted by molar-refractivity contribution is 7.89. The Morgan fingerprint density at radius 2 is 1.89 bits per heavy atom. The smallest absolute Gasteiger partial charge is 0.243 e. The van der Waals surface area contributed by atoms with E-state index in [1.807, 2.05) is 38.1 Å². The number of rotatable bonds is 8. The van der Waals surface area contributed by atoms with Crippen LogP contribution in [0.1, 0.15) is 23.6 Å². The van der Waals surface area contributed by atoms with Gasteiger partial charge in [-0.25, -0.2) is 8.42 Å². The Kier molecular flexibility index (Phi) is 6.98. The van der Waals surface area contributed by atoms with Gasteiger partial charge in [0.25, 0.3) is 0 Å². The monoisotopic (exact) mass is 390 g/mol. The molecule has 0 heterocycles. The summed E-state index contributed by atoms with van der Waals surface area (Å²) in [5.74, 6) is 0.292. The van der Waals surface area contributed by atoms with Crippen molar-refractivity contribution in [3.63, 3.8) is 0 Å². The summed E-state index contributed by atoms with van der Waals surface area (Å²) in [4.78, 5) is 12.3. The van der Waals surface area contributed by atoms with Gasteiger partial charge < -0.3 is 10.1 Å². The third kappa shape index (κ3) is 5.55. The second-order valence-corrected chi connectivity index (χ2v) is 8.43. The molecule has 0 fully saturated rings. The molecular weight excluding hydrogens is 364 g/mol. The van der Waals surface area contributed by atoms with Crippen molar-refractivity contribution in [2.45, 2.75) is 32.2 Å². The summed E-state index contributed by atoms with van der Waals surface area (Å²) in [5.41, 5.74) is 2.80. The van der Waals surface area contributed by atoms with Gasteiger partial charge in [0.2, 0.25) is 15.9 Å². The van der Waals surface area contributed by atoms with Gasteiger partial charge in [0.1, 0.15) is 5.75 Å². The number of nitrogens with one attached hydrogen (secondary N) is 1. The maximum atomic E-state index is 12.7. The largest absolute Gasteiger partial charge is 0.494 e. The van der Waals surface area contributed by atoms with Crippen LogP contribution in [0, 0.1) is 13.8 Å². The van der Waals surface area contributed by atoms with Gasteiger partial charge in [-0.3, -0.25) is 4.79 Å². The standard InChI is InChI=1S/C20H26N2O4S/c1-5-26-19-10-9-18(12-16(19)3)27(24,25)22(4)14-20(23)21-13-17-8-6-7-15(2)11-17/h6-12H,5,13-14H2,1-4H3,(H,21,23). The number of amides is 1. The molecule has 0 unspecified atom stereocenters. The molecule has 27 heavy (non-hydrogen) atoms. The van der Waals surface area contributed by atoms with Crippen molar-refractivity contribution in [2.24, 2.45) is 0 Å². The molecule has 1 N–H and O–H groups in total. The van der Waals surface area contributed by atoms with E-state index in [0.717, 1.165) is 21.0 Å². The normalized spacial score (nSPS) is 11.4. The highest BCUT2D eigenvalue weighted by atomic mass is 32.2. The molecule has 0 saturated carbocycles. The summed E-state index contributed by atoms with van der Waals surface area (Å²) < 4.78 is 31.9. The second-order valence-electron chi connectivity index (χ2n) is 6.39. The molecule has 2 rings (SSSR count). The Labute approximate surface area is 161 Å². The Bertz CT molecular complexity index is 910. The topological polar surface area (TPSA) is 75.7 Å². The fourth-order valence-electron chi connectivity index (χ4n) is 2.65. The predicted molar refractivity (Wildman–Crippen MR) is 105 cm³/mol. The molecule has 2 aromatic carbocycles. The van der Waals surface area contributed by atoms with E-state index in [-0.39, 0.29) is 17.3 Å². The van der Waals surface area contributed by atoms with Crippen LogP contribution in [0.3, 0.4) is 0 Å². The Balaban J connectivity index is 2.01. The maximum Gasteiger partial charge on any atom is 0.243 e. The minimum absolute atomic E-state index is 0.137. The van der Waals surface area contributed by atoms with Gasteiger partial charge in [-0.1, -0.05) is 29.8 Å². The van der Waals surface area contributed by atoms with Gasteiger partial charge >= 0.3 is 0 Å². The Hall–Kier alpha value is -2.38. The van der Waals surface area contributed by atoms with Crippen molar-refractivity contribution >= 4 is 15.9 Å². The van der Waals surface area contributed by atoms with Crippen LogP contribution in [-0.4, -0.2) is 38.8 Å². The highest BCUT2D eigenvalue weighted by Crippen LogP contribution is 2.23. The summed E-state index contributed by atoms with van der Waals surface area (Å²) in [6.07, 6.45) is 0. The number of nitrogens with zero attached hydrogens (tertiary/aromatic N) is 1. The molecule has 7 heteroatoms. The van der Waals surface area contributed by atoms with Gasteiger partial charge in [-0.15, -0.1) is 0 Å². The van der Waals surface area contributed by atoms with Crippen LogP contribution in [0.5, 0.6) is 5.75 Å². The average molecular weight is 391 g/mol. The number of carbonyl (C=O) groups excluding carboxylic acids is 1. The lowest BCUT2D eigenvalue weighted by Gasteiger charge is -2.18. The summed E-state index contributed by atoms with van der Waals surface area (Å²) in [6, 6.07) is 12.5. The van der Waals surface area contributed by atoms with E-state index < -0.39 is 10.0 Å². The first-order chi connectivity index (χ1) is 12.7. The number of carbonyl (C=O) groups is 1. The first-order valence-electron chi connectivity index (χ1n) is 8.76. The maximum absolute atomic E-state index is 12.7. The van der Waals surface area contributed by atoms with Crippen molar-refractivity contribution in [1.29, 1.82) is 0 Å². The summed E-state index contributed by atoms with van der Waals surface area (Å²) in [6.45, 7) is 6.25. The van der Waals surface area contributed by atoms with Gasteiger partial charge in [-0.05, 0) is 50.1 Å². The van der Waals surface area contributed by atoms with Crippen molar-refractivity contribution in [3.8, 4) is 5.75 Å². The third-order valence-corrected chi connectivity index (χ3v) is 5.89. The van der Waals surface area contributed by atoms with Crippen LogP contribution in [0.2, 0.25) is 0 Å².